The van der Waals surface area contributed by atoms with Crippen molar-refractivity contribution in [3.63, 3.8) is 0 Å². The number of nitrogens with zero attached hydrogens (tertiary/aromatic N) is 4. The molecule has 1 unspecified atom stereocenters. The van der Waals surface area contributed by atoms with Crippen LogP contribution in [0.2, 0.25) is 6.04 Å². The van der Waals surface area contributed by atoms with Gasteiger partial charge in [-0.05, 0) is 12.8 Å². The zero-order chi connectivity index (χ0) is 45.9. The molecule has 0 aliphatic heterocycles. The molecule has 0 aliphatic carbocycles. The van der Waals surface area contributed by atoms with E-state index in [4.69, 9.17) is 13.3 Å². The van der Waals surface area contributed by atoms with E-state index in [0.29, 0.717) is 6.42 Å². The molecule has 0 spiro atoms. The molecule has 0 aromatic carbocycles. The summed E-state index contributed by atoms with van der Waals surface area (Å²) in [6.07, 6.45) is 21.3. The van der Waals surface area contributed by atoms with Crippen LogP contribution in [0.1, 0.15) is 116 Å². The fourth-order valence-electron chi connectivity index (χ4n) is 7.06. The summed E-state index contributed by atoms with van der Waals surface area (Å²) in [5, 5.41) is 38.1. The van der Waals surface area contributed by atoms with Crippen molar-refractivity contribution in [1.82, 2.24) is 14.7 Å². The molecule has 0 aromatic rings. The van der Waals surface area contributed by atoms with Crippen LogP contribution in [0.4, 0.5) is 0 Å². The van der Waals surface area contributed by atoms with Gasteiger partial charge in [0.25, 0.3) is 0 Å². The number of rotatable bonds is 46. The average Bonchev–Trinajstić information content (AvgIpc) is 3.17. The number of carbonyl (C=O) groups is 1. The molecule has 0 saturated heterocycles. The summed E-state index contributed by atoms with van der Waals surface area (Å²) >= 11 is 0. The molecule has 0 radical (unpaired) electrons. The SMILES string of the molecule is CCCCCCCCCCCCCCCCCC[N+](C)(C)CCC[Si](OCCN(CCO)CCS(=O)(=O)[O-])(OCCN(CCO)CC(=O)O)OCN(CCO)CCS(=O)(=O)[O-]. The number of aliphatic carboxylic acids is 1. The molecule has 0 bridgehead atoms. The van der Waals surface area contributed by atoms with E-state index < -0.39 is 46.5 Å². The summed E-state index contributed by atoms with van der Waals surface area (Å²) in [6.45, 7) is 2.23. The van der Waals surface area contributed by atoms with Crippen LogP contribution in [0.15, 0.2) is 0 Å². The summed E-state index contributed by atoms with van der Waals surface area (Å²) in [7, 11) is -8.58. The van der Waals surface area contributed by atoms with E-state index in [2.05, 4.69) is 21.0 Å². The molecule has 21 heteroatoms. The highest BCUT2D eigenvalue weighted by Crippen LogP contribution is 2.22. The second-order valence-corrected chi connectivity index (χ2v) is 22.5. The van der Waals surface area contributed by atoms with Crippen molar-refractivity contribution in [2.24, 2.45) is 0 Å². The first-order valence-electron chi connectivity index (χ1n) is 22.7. The van der Waals surface area contributed by atoms with E-state index in [1.807, 2.05) is 0 Å². The van der Waals surface area contributed by atoms with Crippen LogP contribution < -0.4 is 0 Å². The lowest BCUT2D eigenvalue weighted by atomic mass is 10.0. The number of aliphatic hydroxyl groups is 3. The molecule has 0 fully saturated rings. The topological polar surface area (TPSA) is 250 Å². The third-order valence-electron chi connectivity index (χ3n) is 10.7. The number of hydrogen-bond donors (Lipinski definition) is 4. The Balaban J connectivity index is 5.63. The fourth-order valence-corrected chi connectivity index (χ4v) is 10.5. The van der Waals surface area contributed by atoms with E-state index in [9.17, 15) is 51.2 Å². The molecular formula is C40H85N4O14S2Si-. The average molecular weight is 938 g/mol. The van der Waals surface area contributed by atoms with Gasteiger partial charge in [0.2, 0.25) is 0 Å². The van der Waals surface area contributed by atoms with E-state index in [0.717, 1.165) is 30.4 Å². The number of carboxylic acids is 1. The smallest absolute Gasteiger partial charge is 0.502 e. The van der Waals surface area contributed by atoms with Crippen LogP contribution in [0.25, 0.3) is 0 Å². The van der Waals surface area contributed by atoms with Crippen molar-refractivity contribution in [2.45, 2.75) is 122 Å². The zero-order valence-electron chi connectivity index (χ0n) is 37.9. The molecule has 0 aromatic heterocycles. The van der Waals surface area contributed by atoms with Crippen LogP contribution >= 0.6 is 0 Å². The van der Waals surface area contributed by atoms with Gasteiger partial charge in [0.15, 0.2) is 0 Å². The molecule has 4 N–H and O–H groups in total. The van der Waals surface area contributed by atoms with Gasteiger partial charge < -0.3 is 47.3 Å². The molecular weight excluding hydrogens is 853 g/mol. The minimum absolute atomic E-state index is 0.0138. The standard InChI is InChI=1S/C40H86N4O14S2Si/c1-4-5-6-7-8-9-10-11-12-13-14-15-16-17-18-19-28-44(2,3)29-20-37-61(57-34-25-42(22-31-46)38-40(48)49,58-39-43(23-32-47)27-36-60(53,54)55)56-33-24-41(21-30-45)26-35-59(50,51)52/h45-47H,4-39H2,1-3H3,(H2-,48,49,50,51,52,53,54,55)/p-1. The van der Waals surface area contributed by atoms with Gasteiger partial charge in [-0.3, -0.25) is 19.5 Å². The lowest BCUT2D eigenvalue weighted by molar-refractivity contribution is -0.890. The van der Waals surface area contributed by atoms with Gasteiger partial charge in [0.1, 0.15) is 0 Å². The lowest BCUT2D eigenvalue weighted by Crippen LogP contribution is -2.52. The summed E-state index contributed by atoms with van der Waals surface area (Å²) in [5.74, 6) is -2.48. The highest BCUT2D eigenvalue weighted by atomic mass is 32.2. The Morgan fingerprint density at radius 1 is 0.557 bits per heavy atom. The summed E-state index contributed by atoms with van der Waals surface area (Å²) in [5.41, 5.74) is 0. The van der Waals surface area contributed by atoms with Crippen molar-refractivity contribution in [3.05, 3.63) is 0 Å². The van der Waals surface area contributed by atoms with Crippen LogP contribution in [0.3, 0.4) is 0 Å². The van der Waals surface area contributed by atoms with Gasteiger partial charge >= 0.3 is 14.8 Å². The van der Waals surface area contributed by atoms with Gasteiger partial charge in [-0.1, -0.05) is 96.8 Å². The highest BCUT2D eigenvalue weighted by Gasteiger charge is 2.42. The third-order valence-corrected chi connectivity index (χ3v) is 14.9. The Morgan fingerprint density at radius 3 is 1.39 bits per heavy atom. The second kappa shape index (κ2) is 36.3. The number of quaternary nitrogens is 1. The van der Waals surface area contributed by atoms with E-state index >= 15 is 0 Å². The maximum absolute atomic E-state index is 11.5. The maximum atomic E-state index is 11.5. The minimum atomic E-state index is -4.58. The molecule has 0 saturated carbocycles. The fraction of sp³-hybridized carbons (Fsp3) is 0.975. The van der Waals surface area contributed by atoms with Gasteiger partial charge in [-0.25, -0.2) is 16.8 Å². The summed E-state index contributed by atoms with van der Waals surface area (Å²) in [6, 6.07) is 0.286. The predicted molar refractivity (Wildman–Crippen MR) is 237 cm³/mol. The molecule has 61 heavy (non-hydrogen) atoms. The first kappa shape index (κ1) is 60.1. The van der Waals surface area contributed by atoms with Gasteiger partial charge in [0, 0.05) is 58.3 Å². The molecule has 0 rings (SSSR count). The maximum Gasteiger partial charge on any atom is 0.502 e. The highest BCUT2D eigenvalue weighted by molar-refractivity contribution is 7.85. The van der Waals surface area contributed by atoms with Crippen molar-refractivity contribution in [2.75, 3.05) is 131 Å². The van der Waals surface area contributed by atoms with Crippen molar-refractivity contribution < 1.29 is 68.9 Å². The van der Waals surface area contributed by atoms with E-state index in [1.54, 1.807) is 4.90 Å². The van der Waals surface area contributed by atoms with Crippen LogP contribution in [0.5, 0.6) is 0 Å². The molecule has 1 atom stereocenters. The minimum Gasteiger partial charge on any atom is -0.748 e. The Labute approximate surface area is 370 Å². The van der Waals surface area contributed by atoms with Crippen LogP contribution in [-0.4, -0.2) is 211 Å². The third kappa shape index (κ3) is 38.1. The molecule has 18 nitrogen and oxygen atoms in total. The monoisotopic (exact) mass is 938 g/mol. The first-order valence-corrected chi connectivity index (χ1v) is 27.8. The molecule has 0 aliphatic rings. The van der Waals surface area contributed by atoms with Crippen LogP contribution in [0, 0.1) is 0 Å². The number of aliphatic hydroxyl groups excluding tert-OH is 3. The number of unbranched alkanes of at least 4 members (excludes halogenated alkanes) is 15. The number of carboxylic acid groups (broad SMARTS) is 1. The van der Waals surface area contributed by atoms with Crippen molar-refractivity contribution in [3.8, 4) is 0 Å². The normalized spacial score (nSPS) is 13.8. The van der Waals surface area contributed by atoms with Gasteiger partial charge in [-0.15, -0.1) is 0 Å². The Bertz CT molecular complexity index is 1290. The van der Waals surface area contributed by atoms with Gasteiger partial charge in [0.05, 0.1) is 105 Å². The van der Waals surface area contributed by atoms with Gasteiger partial charge in [-0.2, -0.15) is 0 Å². The largest absolute Gasteiger partial charge is 0.748 e. The summed E-state index contributed by atoms with van der Waals surface area (Å²) < 4.78 is 88.3. The molecule has 366 valence electrons. The quantitative estimate of drug-likeness (QED) is 0.0225. The Morgan fingerprint density at radius 2 is 0.951 bits per heavy atom. The van der Waals surface area contributed by atoms with Crippen LogP contribution in [-0.2, 0) is 38.3 Å². The van der Waals surface area contributed by atoms with Crippen molar-refractivity contribution in [1.29, 1.82) is 0 Å². The zero-order valence-corrected chi connectivity index (χ0v) is 40.6. The Kier molecular flexibility index (Phi) is 35.8. The summed E-state index contributed by atoms with van der Waals surface area (Å²) in [4.78, 5) is 16.0. The number of hydrogen-bond acceptors (Lipinski definition) is 16. The second-order valence-electron chi connectivity index (χ2n) is 16.8. The molecule has 0 amide bonds. The van der Waals surface area contributed by atoms with E-state index in [-0.39, 0.29) is 98.2 Å². The predicted octanol–water partition coefficient (Wildman–Crippen LogP) is 2.72. The van der Waals surface area contributed by atoms with Crippen molar-refractivity contribution >= 4 is 35.0 Å². The molecule has 0 heterocycles. The van der Waals surface area contributed by atoms with E-state index in [1.165, 1.54) is 99.7 Å². The Hall–Kier alpha value is -0.893. The first-order chi connectivity index (χ1) is 28.9. The lowest BCUT2D eigenvalue weighted by Gasteiger charge is -2.35.